The third-order valence-corrected chi connectivity index (χ3v) is 2.09. The number of hydrogen-bond acceptors (Lipinski definition) is 8. The largest absolute Gasteiger partial charge is 0.397 e. The van der Waals surface area contributed by atoms with Gasteiger partial charge in [0.2, 0.25) is 0 Å². The van der Waals surface area contributed by atoms with Gasteiger partial charge in [0.25, 0.3) is 0 Å². The lowest BCUT2D eigenvalue weighted by Gasteiger charge is -2.25. The molecule has 0 saturated carbocycles. The van der Waals surface area contributed by atoms with Gasteiger partial charge >= 0.3 is 10.4 Å². The molecule has 0 fully saturated rings. The Bertz CT molecular complexity index is 312. The van der Waals surface area contributed by atoms with Crippen molar-refractivity contribution in [2.24, 2.45) is 0 Å². The monoisotopic (exact) mass is 260 g/mol. The minimum Gasteiger partial charge on any atom is -0.394 e. The van der Waals surface area contributed by atoms with Crippen LogP contribution in [0.1, 0.15) is 0 Å². The van der Waals surface area contributed by atoms with Gasteiger partial charge in [-0.15, -0.1) is 0 Å². The topological polar surface area (TPSA) is 162 Å². The van der Waals surface area contributed by atoms with E-state index in [-0.39, 0.29) is 6.29 Å². The number of carbonyl (C=O) groups excluding carboxylic acids is 1. The van der Waals surface area contributed by atoms with Gasteiger partial charge in [0.05, 0.1) is 6.61 Å². The second-order valence-electron chi connectivity index (χ2n) is 2.86. The zero-order valence-corrected chi connectivity index (χ0v) is 8.69. The van der Waals surface area contributed by atoms with Crippen molar-refractivity contribution in [1.29, 1.82) is 0 Å². The van der Waals surface area contributed by atoms with Crippen LogP contribution in [0.4, 0.5) is 0 Å². The van der Waals surface area contributed by atoms with E-state index in [1.165, 1.54) is 0 Å². The minimum absolute atomic E-state index is 0.130. The molecule has 4 unspecified atom stereocenters. The molecule has 0 bridgehead atoms. The van der Waals surface area contributed by atoms with Crippen LogP contribution < -0.4 is 0 Å². The van der Waals surface area contributed by atoms with Crippen molar-refractivity contribution in [2.45, 2.75) is 24.4 Å². The molecule has 0 rings (SSSR count). The molecule has 9 nitrogen and oxygen atoms in total. The zero-order valence-electron chi connectivity index (χ0n) is 7.87. The van der Waals surface area contributed by atoms with Crippen LogP contribution in [0.2, 0.25) is 0 Å². The molecule has 0 aromatic rings. The Balaban J connectivity index is 4.86. The van der Waals surface area contributed by atoms with Gasteiger partial charge in [0.15, 0.2) is 6.29 Å². The molecule has 0 aliphatic heterocycles. The molecular weight excluding hydrogens is 248 g/mol. The molecule has 0 aromatic heterocycles. The van der Waals surface area contributed by atoms with Crippen LogP contribution in [0.25, 0.3) is 0 Å². The van der Waals surface area contributed by atoms with E-state index < -0.39 is 41.4 Å². The van der Waals surface area contributed by atoms with Crippen molar-refractivity contribution >= 4 is 16.7 Å². The number of carbonyl (C=O) groups is 1. The average Bonchev–Trinajstić information content (AvgIpc) is 2.21. The number of rotatable bonds is 7. The molecule has 0 aromatic carbocycles. The van der Waals surface area contributed by atoms with E-state index in [9.17, 15) is 18.3 Å². The number of aliphatic hydroxyl groups is 4. The first kappa shape index (κ1) is 15.4. The highest BCUT2D eigenvalue weighted by Gasteiger charge is 2.35. The molecular formula is C6H12O9S. The van der Waals surface area contributed by atoms with Gasteiger partial charge in [-0.3, -0.25) is 4.55 Å². The summed E-state index contributed by atoms with van der Waals surface area (Å²) in [6, 6.07) is 0. The van der Waals surface area contributed by atoms with E-state index >= 15 is 0 Å². The van der Waals surface area contributed by atoms with E-state index in [0.717, 1.165) is 0 Å². The number of aliphatic hydroxyl groups excluding tert-OH is 4. The van der Waals surface area contributed by atoms with Gasteiger partial charge in [-0.1, -0.05) is 0 Å². The summed E-state index contributed by atoms with van der Waals surface area (Å²) < 4.78 is 32.8. The van der Waals surface area contributed by atoms with Crippen molar-refractivity contribution < 1.29 is 42.4 Å². The number of aldehydes is 1. The van der Waals surface area contributed by atoms with Crippen LogP contribution in [-0.4, -0.2) is 70.7 Å². The SMILES string of the molecule is O=CC(O)C(O)C(OS(=O)(=O)O)C(O)CO. The van der Waals surface area contributed by atoms with Gasteiger partial charge in [0, 0.05) is 0 Å². The first-order chi connectivity index (χ1) is 7.22. The molecule has 0 saturated heterocycles. The van der Waals surface area contributed by atoms with Crippen molar-refractivity contribution in [3.05, 3.63) is 0 Å². The fourth-order valence-corrected chi connectivity index (χ4v) is 1.39. The highest BCUT2D eigenvalue weighted by Crippen LogP contribution is 2.11. The van der Waals surface area contributed by atoms with Gasteiger partial charge in [-0.25, -0.2) is 4.18 Å². The average molecular weight is 260 g/mol. The van der Waals surface area contributed by atoms with E-state index in [1.54, 1.807) is 0 Å². The Kier molecular flexibility index (Phi) is 5.96. The van der Waals surface area contributed by atoms with E-state index in [2.05, 4.69) is 4.18 Å². The smallest absolute Gasteiger partial charge is 0.394 e. The van der Waals surface area contributed by atoms with Crippen LogP contribution in [0, 0.1) is 0 Å². The lowest BCUT2D eigenvalue weighted by Crippen LogP contribution is -2.48. The van der Waals surface area contributed by atoms with E-state index in [1.807, 2.05) is 0 Å². The second-order valence-corrected chi connectivity index (χ2v) is 3.90. The Morgan fingerprint density at radius 2 is 1.75 bits per heavy atom. The van der Waals surface area contributed by atoms with Crippen LogP contribution in [0.3, 0.4) is 0 Å². The van der Waals surface area contributed by atoms with Crippen molar-refractivity contribution in [1.82, 2.24) is 0 Å². The standard InChI is InChI=1S/C6H12O9S/c7-1-3(9)5(11)6(4(10)2-8)15-16(12,13)14/h1,3-6,8-11H,2H2,(H,12,13,14). The van der Waals surface area contributed by atoms with Crippen LogP contribution in [0.15, 0.2) is 0 Å². The molecule has 5 N–H and O–H groups in total. The Morgan fingerprint density at radius 3 is 2.06 bits per heavy atom. The van der Waals surface area contributed by atoms with E-state index in [0.29, 0.717) is 0 Å². The molecule has 0 aliphatic rings. The summed E-state index contributed by atoms with van der Waals surface area (Å²) in [6.07, 6.45) is -8.27. The summed E-state index contributed by atoms with van der Waals surface area (Å²) >= 11 is 0. The molecule has 0 aliphatic carbocycles. The summed E-state index contributed by atoms with van der Waals surface area (Å²) in [5.74, 6) is 0. The van der Waals surface area contributed by atoms with Gasteiger partial charge in [0.1, 0.15) is 24.4 Å². The zero-order chi connectivity index (χ0) is 12.9. The number of hydrogen-bond donors (Lipinski definition) is 5. The van der Waals surface area contributed by atoms with E-state index in [4.69, 9.17) is 19.9 Å². The highest BCUT2D eigenvalue weighted by atomic mass is 32.3. The molecule has 0 amide bonds. The fourth-order valence-electron chi connectivity index (χ4n) is 0.868. The second kappa shape index (κ2) is 6.20. The third kappa shape index (κ3) is 4.94. The summed E-state index contributed by atoms with van der Waals surface area (Å²) in [7, 11) is -5.02. The summed E-state index contributed by atoms with van der Waals surface area (Å²) in [5.41, 5.74) is 0. The lowest BCUT2D eigenvalue weighted by molar-refractivity contribution is -0.132. The highest BCUT2D eigenvalue weighted by molar-refractivity contribution is 7.80. The summed E-state index contributed by atoms with van der Waals surface area (Å²) in [6.45, 7) is -1.01. The van der Waals surface area contributed by atoms with Gasteiger partial charge in [-0.05, 0) is 0 Å². The maximum absolute atomic E-state index is 10.3. The molecule has 0 heterocycles. The van der Waals surface area contributed by atoms with Gasteiger partial charge in [-0.2, -0.15) is 8.42 Å². The molecule has 16 heavy (non-hydrogen) atoms. The lowest BCUT2D eigenvalue weighted by atomic mass is 10.0. The van der Waals surface area contributed by atoms with Crippen molar-refractivity contribution in [3.8, 4) is 0 Å². The molecule has 4 atom stereocenters. The molecule has 10 heteroatoms. The van der Waals surface area contributed by atoms with Crippen LogP contribution >= 0.6 is 0 Å². The van der Waals surface area contributed by atoms with Crippen molar-refractivity contribution in [2.75, 3.05) is 6.61 Å². The molecule has 96 valence electrons. The molecule has 0 spiro atoms. The predicted octanol–water partition coefficient (Wildman–Crippen LogP) is -3.55. The summed E-state index contributed by atoms with van der Waals surface area (Å²) in [5, 5.41) is 35.6. The maximum atomic E-state index is 10.3. The molecule has 0 radical (unpaired) electrons. The van der Waals surface area contributed by atoms with Gasteiger partial charge < -0.3 is 25.2 Å². The Labute approximate surface area is 90.9 Å². The minimum atomic E-state index is -5.02. The van der Waals surface area contributed by atoms with Crippen LogP contribution in [0.5, 0.6) is 0 Å². The quantitative estimate of drug-likeness (QED) is 0.230. The first-order valence-corrected chi connectivity index (χ1v) is 5.35. The first-order valence-electron chi connectivity index (χ1n) is 3.99. The predicted molar refractivity (Wildman–Crippen MR) is 47.6 cm³/mol. The Hall–Kier alpha value is -0.620. The van der Waals surface area contributed by atoms with Crippen LogP contribution in [-0.2, 0) is 19.4 Å². The summed E-state index contributed by atoms with van der Waals surface area (Å²) in [4.78, 5) is 10.1. The normalized spacial score (nSPS) is 19.8. The fraction of sp³-hybridized carbons (Fsp3) is 0.833. The van der Waals surface area contributed by atoms with Crippen molar-refractivity contribution in [3.63, 3.8) is 0 Å². The maximum Gasteiger partial charge on any atom is 0.397 e. The third-order valence-electron chi connectivity index (χ3n) is 1.62. The Morgan fingerprint density at radius 1 is 1.25 bits per heavy atom.